The van der Waals surface area contributed by atoms with Gasteiger partial charge in [0.2, 0.25) is 0 Å². The zero-order valence-electron chi connectivity index (χ0n) is 16.2. The van der Waals surface area contributed by atoms with Crippen molar-refractivity contribution < 1.29 is 9.69 Å². The number of rotatable bonds is 2. The molecule has 0 saturated heterocycles. The molecule has 0 nitrogen and oxygen atoms in total. The average Bonchev–Trinajstić information content (AvgIpc) is 2.74. The predicted molar refractivity (Wildman–Crippen MR) is 111 cm³/mol. The molecule has 0 aromatic carbocycles. The van der Waals surface area contributed by atoms with Crippen LogP contribution in [0.1, 0.15) is 12.8 Å². The summed E-state index contributed by atoms with van der Waals surface area (Å²) >= 11 is 0. The zero-order valence-corrected chi connectivity index (χ0v) is 21.4. The molecular formula is C19H39Cl2Hf. The second kappa shape index (κ2) is 1.85. The van der Waals surface area contributed by atoms with Gasteiger partial charge in [0.15, 0.2) is 0 Å². The zero-order chi connectivity index (χ0) is 16.1. The van der Waals surface area contributed by atoms with Crippen LogP contribution in [-0.2, 0) is 9.69 Å². The fourth-order valence-corrected chi connectivity index (χ4v) is 33.0. The summed E-state index contributed by atoms with van der Waals surface area (Å²) in [6.45, 7) is 0. The van der Waals surface area contributed by atoms with Crippen molar-refractivity contribution in [1.82, 2.24) is 0 Å². The van der Waals surface area contributed by atoms with Crippen LogP contribution in [-0.4, -0.2) is 0 Å². The molecule has 0 aromatic rings. The van der Waals surface area contributed by atoms with E-state index in [9.17, 15) is 0 Å². The van der Waals surface area contributed by atoms with E-state index in [4.69, 9.17) is 0 Å². The van der Waals surface area contributed by atoms with Crippen molar-refractivity contribution in [1.29, 1.82) is 0 Å². The minimum atomic E-state index is -6.03. The fourth-order valence-electron chi connectivity index (χ4n) is 4.62. The van der Waals surface area contributed by atoms with Crippen LogP contribution in [0.4, 0.5) is 0 Å². The normalized spacial score (nSPS) is 33.0. The molecule has 0 saturated carbocycles. The Morgan fingerprint density at radius 2 is 0.864 bits per heavy atom. The van der Waals surface area contributed by atoms with E-state index in [1.54, 1.807) is 6.66 Å². The quantitative estimate of drug-likeness (QED) is 0.322. The van der Waals surface area contributed by atoms with Crippen LogP contribution in [0.3, 0.4) is 0 Å². The third-order valence-electron chi connectivity index (χ3n) is 7.64. The van der Waals surface area contributed by atoms with Gasteiger partial charge in [0.1, 0.15) is 0 Å². The molecule has 0 aliphatic heterocycles. The van der Waals surface area contributed by atoms with Gasteiger partial charge in [-0.05, 0) is 0 Å². The van der Waals surface area contributed by atoms with Crippen LogP contribution in [0.2, 0.25) is 42.1 Å². The second-order valence-electron chi connectivity index (χ2n) is 25.3. The first kappa shape index (κ1) is 22.4. The summed E-state index contributed by atoms with van der Waals surface area (Å²) in [5.41, 5.74) is 0. The van der Waals surface area contributed by atoms with E-state index >= 15 is 0 Å². The third kappa shape index (κ3) is 2.60. The Morgan fingerprint density at radius 3 is 1.05 bits per heavy atom. The van der Waals surface area contributed by atoms with Gasteiger partial charge in [0, 0.05) is 0 Å². The number of allylic oxidation sites excluding steroid dienone is 8. The van der Waals surface area contributed by atoms with E-state index < -0.39 is 9.69 Å². The van der Waals surface area contributed by atoms with Gasteiger partial charge in [-0.15, -0.1) is 24.8 Å². The summed E-state index contributed by atoms with van der Waals surface area (Å²) in [5, 5.41) is 0. The fraction of sp³-hybridized carbons (Fsp3) is 0.579. The van der Waals surface area contributed by atoms with E-state index in [0.717, 1.165) is 12.8 Å². The Morgan fingerprint density at radius 1 is 0.591 bits per heavy atom. The van der Waals surface area contributed by atoms with Crippen LogP contribution >= 0.6 is 24.8 Å². The summed E-state index contributed by atoms with van der Waals surface area (Å²) in [6.07, 6.45) is 15.9. The number of hydrogen-bond donors (Lipinski definition) is 0. The molecule has 0 amide bonds. The van der Waals surface area contributed by atoms with E-state index in [1.807, 2.05) is 0 Å². The first-order chi connectivity index (χ1) is 7.69. The molecule has 0 radical (unpaired) electrons. The summed E-state index contributed by atoms with van der Waals surface area (Å²) < 4.78 is 26.6. The molecular weight excluding hydrogens is 478 g/mol. The van der Waals surface area contributed by atoms with E-state index in [-0.39, 0.29) is 24.8 Å². The molecule has 0 aromatic heterocycles. The molecule has 0 spiro atoms. The van der Waals surface area contributed by atoms with Gasteiger partial charge in [0.25, 0.3) is 0 Å². The Bertz CT molecular complexity index is 764. The van der Waals surface area contributed by atoms with Gasteiger partial charge in [-0.1, -0.05) is 0 Å². The summed E-state index contributed by atoms with van der Waals surface area (Å²) in [5.74, 6) is 0. The van der Waals surface area contributed by atoms with Crippen LogP contribution < -0.4 is 0 Å². The van der Waals surface area contributed by atoms with E-state index in [1.165, 1.54) is 0 Å². The Labute approximate surface area is 131 Å². The number of hydrogen-bond acceptors (Lipinski definition) is 0. The molecule has 2 rings (SSSR count). The molecule has 133 valence electrons. The monoisotopic (exact) mass is 517 g/mol. The average molecular weight is 517 g/mol. The molecule has 2 aliphatic rings. The van der Waals surface area contributed by atoms with E-state index in [0.29, 0.717) is 0 Å². The van der Waals surface area contributed by atoms with Crippen molar-refractivity contribution in [3.8, 4) is 0 Å². The van der Waals surface area contributed by atoms with E-state index in [2.05, 4.69) is 78.6 Å². The van der Waals surface area contributed by atoms with Crippen molar-refractivity contribution >= 4 is 24.8 Å². The maximum atomic E-state index is 2.60. The van der Waals surface area contributed by atoms with Gasteiger partial charge in [-0.2, -0.15) is 0 Å². The third-order valence-corrected chi connectivity index (χ3v) is 54.1. The molecule has 2 aliphatic carbocycles. The minimum absolute atomic E-state index is 0. The van der Waals surface area contributed by atoms with Gasteiger partial charge in [-0.3, -0.25) is 0 Å². The SMILES string of the molecule is Cl.Cl.[CH3][Hf]([CH3])([CH3])([CH3])([CH3])([CH3])([CH3])([CH3])([CH3])([C]1=CC=CC1)[C]1=CC=CC1. The molecule has 0 fully saturated rings. The summed E-state index contributed by atoms with van der Waals surface area (Å²) in [7, 11) is -6.03. The van der Waals surface area contributed by atoms with Crippen molar-refractivity contribution in [3.63, 3.8) is 0 Å². The molecule has 3 heteroatoms. The van der Waals surface area contributed by atoms with Gasteiger partial charge < -0.3 is 0 Å². The van der Waals surface area contributed by atoms with Gasteiger partial charge >= 0.3 is 108 Å². The van der Waals surface area contributed by atoms with Crippen molar-refractivity contribution in [2.24, 2.45) is 0 Å². The number of halogens is 2. The van der Waals surface area contributed by atoms with Crippen molar-refractivity contribution in [2.75, 3.05) is 0 Å². The molecule has 0 unspecified atom stereocenters. The Hall–Kier alpha value is 0.410. The van der Waals surface area contributed by atoms with Crippen molar-refractivity contribution in [3.05, 3.63) is 43.1 Å². The molecule has 0 atom stereocenters. The van der Waals surface area contributed by atoms with Gasteiger partial charge in [-0.25, -0.2) is 0 Å². The Kier molecular flexibility index (Phi) is 1.89. The van der Waals surface area contributed by atoms with Crippen LogP contribution in [0, 0.1) is 0 Å². The first-order valence-corrected chi connectivity index (χ1v) is 44.4. The molecule has 0 heterocycles. The topological polar surface area (TPSA) is 0 Å². The summed E-state index contributed by atoms with van der Waals surface area (Å²) in [6, 6.07) is 0. The van der Waals surface area contributed by atoms with Crippen LogP contribution in [0.15, 0.2) is 43.1 Å². The second-order valence-corrected chi connectivity index (χ2v) is 192. The predicted octanol–water partition coefficient (Wildman–Crippen LogP) is 8.85. The van der Waals surface area contributed by atoms with Gasteiger partial charge in [0.05, 0.1) is 0 Å². The van der Waals surface area contributed by atoms with Crippen molar-refractivity contribution in [2.45, 2.75) is 55.0 Å². The van der Waals surface area contributed by atoms with Crippen LogP contribution in [0.5, 0.6) is 0 Å². The molecule has 22 heavy (non-hydrogen) atoms. The van der Waals surface area contributed by atoms with Crippen LogP contribution in [0.25, 0.3) is 0 Å². The Balaban J connectivity index is 0.00000220. The summed E-state index contributed by atoms with van der Waals surface area (Å²) in [4.78, 5) is 0. The molecule has 0 N–H and O–H groups in total. The maximum absolute atomic E-state index is 6.03. The first-order valence-electron chi connectivity index (χ1n) is 8.43. The standard InChI is InChI=1S/2C5H5.9CH3.2ClH.Hf/c2*1-2-4-5-3-1;;;;;;;;;;;;/h2*1-3H,4H2;9*1H3;2*1H;. The molecule has 0 bridgehead atoms.